The summed E-state index contributed by atoms with van der Waals surface area (Å²) < 4.78 is 5.29. The van der Waals surface area contributed by atoms with Gasteiger partial charge in [-0.15, -0.1) is 0 Å². The maximum atomic E-state index is 5.29. The van der Waals surface area contributed by atoms with Crippen molar-refractivity contribution in [2.75, 3.05) is 20.3 Å². The van der Waals surface area contributed by atoms with E-state index in [0.717, 1.165) is 31.7 Å². The molecule has 22 heavy (non-hydrogen) atoms. The fourth-order valence-corrected chi connectivity index (χ4v) is 3.16. The van der Waals surface area contributed by atoms with Crippen molar-refractivity contribution in [3.8, 4) is 11.3 Å². The molecule has 0 bridgehead atoms. The van der Waals surface area contributed by atoms with Crippen molar-refractivity contribution in [1.29, 1.82) is 0 Å². The van der Waals surface area contributed by atoms with Gasteiger partial charge in [0.25, 0.3) is 0 Å². The number of nitrogens with one attached hydrogen (secondary N) is 1. The first-order valence-electron chi connectivity index (χ1n) is 8.12. The summed E-state index contributed by atoms with van der Waals surface area (Å²) in [5, 5.41) is 3.59. The molecular formula is C19H24N2O. The lowest BCUT2D eigenvalue weighted by molar-refractivity contribution is 0.202. The molecule has 1 aromatic heterocycles. The van der Waals surface area contributed by atoms with Gasteiger partial charge in [0.15, 0.2) is 0 Å². The minimum Gasteiger partial charge on any atom is -0.384 e. The molecule has 1 saturated heterocycles. The van der Waals surface area contributed by atoms with Crippen LogP contribution in [0.25, 0.3) is 11.3 Å². The van der Waals surface area contributed by atoms with Gasteiger partial charge in [-0.1, -0.05) is 18.2 Å². The summed E-state index contributed by atoms with van der Waals surface area (Å²) in [7, 11) is 1.76. The molecule has 0 amide bonds. The van der Waals surface area contributed by atoms with Gasteiger partial charge in [0.05, 0.1) is 12.3 Å². The average molecular weight is 296 g/mol. The van der Waals surface area contributed by atoms with E-state index in [-0.39, 0.29) is 0 Å². The standard InChI is InChI=1S/C19H24N2O/c1-22-12-9-16-13-17(19-6-2-3-10-21-19)8-7-15(16)14-18-5-4-11-20-18/h2-3,6-8,10,13,18,20H,4-5,9,11-12,14H2,1H3/t18-/m0/s1. The van der Waals surface area contributed by atoms with E-state index in [9.17, 15) is 0 Å². The molecule has 3 rings (SSSR count). The highest BCUT2D eigenvalue weighted by molar-refractivity contribution is 5.61. The first-order valence-corrected chi connectivity index (χ1v) is 8.12. The third-order valence-electron chi connectivity index (χ3n) is 4.37. The van der Waals surface area contributed by atoms with Crippen molar-refractivity contribution in [2.24, 2.45) is 0 Å². The molecule has 1 atom stereocenters. The van der Waals surface area contributed by atoms with E-state index < -0.39 is 0 Å². The monoisotopic (exact) mass is 296 g/mol. The molecule has 116 valence electrons. The molecule has 1 aliphatic rings. The number of pyridine rings is 1. The van der Waals surface area contributed by atoms with E-state index >= 15 is 0 Å². The van der Waals surface area contributed by atoms with Crippen LogP contribution in [0.1, 0.15) is 24.0 Å². The molecular weight excluding hydrogens is 272 g/mol. The predicted molar refractivity (Wildman–Crippen MR) is 90.0 cm³/mol. The molecule has 0 unspecified atom stereocenters. The SMILES string of the molecule is COCCc1cc(-c2ccccn2)ccc1C[C@@H]1CCCN1. The van der Waals surface area contributed by atoms with Gasteiger partial charge in [0.2, 0.25) is 0 Å². The van der Waals surface area contributed by atoms with Crippen LogP contribution in [0.4, 0.5) is 0 Å². The lowest BCUT2D eigenvalue weighted by Crippen LogP contribution is -2.24. The minimum atomic E-state index is 0.627. The van der Waals surface area contributed by atoms with Crippen LogP contribution in [0.15, 0.2) is 42.6 Å². The van der Waals surface area contributed by atoms with Crippen molar-refractivity contribution in [3.63, 3.8) is 0 Å². The Labute approximate surface area is 132 Å². The Kier molecular flexibility index (Phi) is 5.20. The van der Waals surface area contributed by atoms with Crippen molar-refractivity contribution >= 4 is 0 Å². The second-order valence-electron chi connectivity index (χ2n) is 5.94. The molecule has 0 aliphatic carbocycles. The Morgan fingerprint density at radius 2 is 2.18 bits per heavy atom. The molecule has 1 fully saturated rings. The highest BCUT2D eigenvalue weighted by atomic mass is 16.5. The maximum Gasteiger partial charge on any atom is 0.0702 e. The Morgan fingerprint density at radius 1 is 1.23 bits per heavy atom. The molecule has 1 aromatic carbocycles. The Bertz CT molecular complexity index is 592. The molecule has 2 heterocycles. The summed E-state index contributed by atoms with van der Waals surface area (Å²) in [5.41, 5.74) is 5.05. The second-order valence-corrected chi connectivity index (χ2v) is 5.94. The third kappa shape index (κ3) is 3.73. The summed E-state index contributed by atoms with van der Waals surface area (Å²) >= 11 is 0. The maximum absolute atomic E-state index is 5.29. The molecule has 1 aliphatic heterocycles. The molecule has 0 radical (unpaired) electrons. The molecule has 3 nitrogen and oxygen atoms in total. The zero-order chi connectivity index (χ0) is 15.2. The van der Waals surface area contributed by atoms with Crippen LogP contribution in [0.3, 0.4) is 0 Å². The first kappa shape index (κ1) is 15.2. The van der Waals surface area contributed by atoms with E-state index in [1.165, 1.54) is 29.5 Å². The van der Waals surface area contributed by atoms with Crippen LogP contribution in [0, 0.1) is 0 Å². The summed E-state index contributed by atoms with van der Waals surface area (Å²) in [4.78, 5) is 4.46. The minimum absolute atomic E-state index is 0.627. The number of rotatable bonds is 6. The van der Waals surface area contributed by atoms with Crippen molar-refractivity contribution < 1.29 is 4.74 Å². The fourth-order valence-electron chi connectivity index (χ4n) is 3.16. The number of ether oxygens (including phenoxy) is 1. The van der Waals surface area contributed by atoms with Crippen LogP contribution in [-0.2, 0) is 17.6 Å². The van der Waals surface area contributed by atoms with E-state index in [2.05, 4.69) is 34.6 Å². The molecule has 2 aromatic rings. The number of hydrogen-bond donors (Lipinski definition) is 1. The van der Waals surface area contributed by atoms with Gasteiger partial charge in [-0.3, -0.25) is 4.98 Å². The lowest BCUT2D eigenvalue weighted by Gasteiger charge is -2.15. The van der Waals surface area contributed by atoms with Crippen LogP contribution in [0.5, 0.6) is 0 Å². The Morgan fingerprint density at radius 3 is 2.91 bits per heavy atom. The van der Waals surface area contributed by atoms with E-state index in [1.54, 1.807) is 7.11 Å². The van der Waals surface area contributed by atoms with Gasteiger partial charge in [0.1, 0.15) is 0 Å². The summed E-state index contributed by atoms with van der Waals surface area (Å²) in [6.07, 6.45) is 6.50. The molecule has 3 heteroatoms. The second kappa shape index (κ2) is 7.52. The smallest absolute Gasteiger partial charge is 0.0702 e. The van der Waals surface area contributed by atoms with Gasteiger partial charge < -0.3 is 10.1 Å². The third-order valence-corrected chi connectivity index (χ3v) is 4.37. The topological polar surface area (TPSA) is 34.1 Å². The van der Waals surface area contributed by atoms with E-state index in [0.29, 0.717) is 6.04 Å². The van der Waals surface area contributed by atoms with Crippen molar-refractivity contribution in [3.05, 3.63) is 53.7 Å². The van der Waals surface area contributed by atoms with Gasteiger partial charge in [-0.2, -0.15) is 0 Å². The quantitative estimate of drug-likeness (QED) is 0.888. The number of hydrogen-bond acceptors (Lipinski definition) is 3. The summed E-state index contributed by atoms with van der Waals surface area (Å²) in [5.74, 6) is 0. The van der Waals surface area contributed by atoms with Gasteiger partial charge in [-0.25, -0.2) is 0 Å². The highest BCUT2D eigenvalue weighted by Crippen LogP contribution is 2.23. The fraction of sp³-hybridized carbons (Fsp3) is 0.421. The number of methoxy groups -OCH3 is 1. The average Bonchev–Trinajstić information content (AvgIpc) is 3.08. The van der Waals surface area contributed by atoms with Gasteiger partial charge in [0, 0.05) is 24.9 Å². The normalized spacial score (nSPS) is 17.8. The number of aromatic nitrogens is 1. The zero-order valence-electron chi connectivity index (χ0n) is 13.2. The van der Waals surface area contributed by atoms with Crippen molar-refractivity contribution in [1.82, 2.24) is 10.3 Å². The number of nitrogens with zero attached hydrogens (tertiary/aromatic N) is 1. The largest absolute Gasteiger partial charge is 0.384 e. The number of benzene rings is 1. The zero-order valence-corrected chi connectivity index (χ0v) is 13.2. The highest BCUT2D eigenvalue weighted by Gasteiger charge is 2.16. The van der Waals surface area contributed by atoms with E-state index in [1.807, 2.05) is 18.3 Å². The van der Waals surface area contributed by atoms with Crippen LogP contribution in [-0.4, -0.2) is 31.3 Å². The Hall–Kier alpha value is -1.71. The van der Waals surface area contributed by atoms with Crippen LogP contribution in [0.2, 0.25) is 0 Å². The van der Waals surface area contributed by atoms with Gasteiger partial charge >= 0.3 is 0 Å². The first-order chi connectivity index (χ1) is 10.9. The lowest BCUT2D eigenvalue weighted by atomic mass is 9.94. The summed E-state index contributed by atoms with van der Waals surface area (Å²) in [6, 6.07) is 13.4. The predicted octanol–water partition coefficient (Wildman–Crippen LogP) is 3.23. The van der Waals surface area contributed by atoms with Crippen LogP contribution < -0.4 is 5.32 Å². The van der Waals surface area contributed by atoms with E-state index in [4.69, 9.17) is 4.74 Å². The van der Waals surface area contributed by atoms with Gasteiger partial charge in [-0.05, 0) is 61.6 Å². The van der Waals surface area contributed by atoms with Crippen molar-refractivity contribution in [2.45, 2.75) is 31.7 Å². The molecule has 0 spiro atoms. The Balaban J connectivity index is 1.85. The molecule has 1 N–H and O–H groups in total. The summed E-state index contributed by atoms with van der Waals surface area (Å²) in [6.45, 7) is 1.92. The molecule has 0 saturated carbocycles. The van der Waals surface area contributed by atoms with Crippen LogP contribution >= 0.6 is 0 Å².